The van der Waals surface area contributed by atoms with Crippen LogP contribution in [0.2, 0.25) is 0 Å². The summed E-state index contributed by atoms with van der Waals surface area (Å²) in [5, 5.41) is 6.12. The Kier molecular flexibility index (Phi) is 8.41. The third kappa shape index (κ3) is 6.71. The van der Waals surface area contributed by atoms with Crippen LogP contribution in [0, 0.1) is 17.0 Å². The summed E-state index contributed by atoms with van der Waals surface area (Å²) in [6, 6.07) is 13.9. The number of benzene rings is 2. The van der Waals surface area contributed by atoms with E-state index in [4.69, 9.17) is 19.2 Å². The molecule has 6 rings (SSSR count). The van der Waals surface area contributed by atoms with E-state index < -0.39 is 11.7 Å². The zero-order valence-corrected chi connectivity index (χ0v) is 23.6. The van der Waals surface area contributed by atoms with Crippen molar-refractivity contribution in [3.63, 3.8) is 0 Å². The predicted molar refractivity (Wildman–Crippen MR) is 153 cm³/mol. The molecule has 0 saturated carbocycles. The summed E-state index contributed by atoms with van der Waals surface area (Å²) in [5.41, 5.74) is 2.26. The second-order valence-electron chi connectivity index (χ2n) is 11.0. The molecule has 2 saturated heterocycles. The molecule has 1 unspecified atom stereocenters. The van der Waals surface area contributed by atoms with Crippen molar-refractivity contribution in [2.24, 2.45) is 5.41 Å². The van der Waals surface area contributed by atoms with E-state index in [1.165, 1.54) is 24.3 Å². The van der Waals surface area contributed by atoms with Gasteiger partial charge in [-0.25, -0.2) is 23.7 Å². The number of anilines is 1. The average Bonchev–Trinajstić information content (AvgIpc) is 3.71. The van der Waals surface area contributed by atoms with Crippen molar-refractivity contribution in [1.29, 1.82) is 0 Å². The van der Waals surface area contributed by atoms with Gasteiger partial charge in [-0.3, -0.25) is 4.79 Å². The molecule has 43 heavy (non-hydrogen) atoms. The topological polar surface area (TPSA) is 123 Å². The Labute approximate surface area is 247 Å². The number of hydrogen-bond acceptors (Lipinski definition) is 8. The predicted octanol–water partition coefficient (Wildman–Crippen LogP) is 4.77. The maximum Gasteiger partial charge on any atom is 0.230 e. The number of carbonyl (C=O) groups excluding carboxylic acids is 1. The molecule has 3 N–H and O–H groups in total. The molecule has 0 aliphatic carbocycles. The standard InChI is InChI=1S/C31H32F2N6O4/c1-31(29(40)35-16-23-3-2-14-41-23)17-42-28(43-18-31)27-38-25(20-6-10-22(33)11-7-20)26(39-27)24-12-13-34-30(37-24)36-15-19-4-8-21(32)9-5-19/h4-13,23,28H,2-3,14-18H2,1H3,(H,35,40)(H,38,39)(H,34,36,37). The highest BCUT2D eigenvalue weighted by Crippen LogP contribution is 2.35. The van der Waals surface area contributed by atoms with Crippen molar-refractivity contribution in [1.82, 2.24) is 25.3 Å². The Hall–Kier alpha value is -4.26. The van der Waals surface area contributed by atoms with Crippen molar-refractivity contribution in [3.05, 3.63) is 83.8 Å². The molecule has 2 aromatic carbocycles. The van der Waals surface area contributed by atoms with Crippen LogP contribution in [0.25, 0.3) is 22.6 Å². The highest BCUT2D eigenvalue weighted by molar-refractivity contribution is 5.82. The fourth-order valence-corrected chi connectivity index (χ4v) is 4.99. The lowest BCUT2D eigenvalue weighted by atomic mass is 9.91. The molecule has 12 heteroatoms. The van der Waals surface area contributed by atoms with Crippen LogP contribution in [0.3, 0.4) is 0 Å². The van der Waals surface area contributed by atoms with Crippen LogP contribution in [0.15, 0.2) is 60.8 Å². The highest BCUT2D eigenvalue weighted by Gasteiger charge is 2.41. The Morgan fingerprint density at radius 2 is 1.72 bits per heavy atom. The Morgan fingerprint density at radius 1 is 1.00 bits per heavy atom. The van der Waals surface area contributed by atoms with E-state index in [1.54, 1.807) is 43.5 Å². The summed E-state index contributed by atoms with van der Waals surface area (Å²) < 4.78 is 44.6. The number of carbonyl (C=O) groups is 1. The molecule has 0 spiro atoms. The number of aromatic amines is 1. The number of hydrogen-bond donors (Lipinski definition) is 3. The van der Waals surface area contributed by atoms with Gasteiger partial charge in [0.1, 0.15) is 11.6 Å². The van der Waals surface area contributed by atoms with Gasteiger partial charge in [0.25, 0.3) is 0 Å². The minimum absolute atomic E-state index is 0.0394. The van der Waals surface area contributed by atoms with Gasteiger partial charge in [-0.15, -0.1) is 0 Å². The Bertz CT molecular complexity index is 1550. The van der Waals surface area contributed by atoms with Crippen molar-refractivity contribution < 1.29 is 27.8 Å². The van der Waals surface area contributed by atoms with E-state index in [0.717, 1.165) is 25.0 Å². The van der Waals surface area contributed by atoms with Crippen molar-refractivity contribution in [2.75, 3.05) is 31.7 Å². The summed E-state index contributed by atoms with van der Waals surface area (Å²) in [6.45, 7) is 3.63. The van der Waals surface area contributed by atoms with Crippen molar-refractivity contribution >= 4 is 11.9 Å². The molecule has 2 fully saturated rings. The molecular weight excluding hydrogens is 558 g/mol. The first kappa shape index (κ1) is 28.8. The minimum atomic E-state index is -0.873. The van der Waals surface area contributed by atoms with Gasteiger partial charge in [0.15, 0.2) is 5.82 Å². The van der Waals surface area contributed by atoms with E-state index in [1.807, 2.05) is 0 Å². The molecule has 2 aromatic heterocycles. The average molecular weight is 591 g/mol. The molecule has 1 atom stereocenters. The van der Waals surface area contributed by atoms with E-state index in [0.29, 0.717) is 47.5 Å². The lowest BCUT2D eigenvalue weighted by molar-refractivity contribution is -0.231. The molecule has 1 amide bonds. The first-order valence-electron chi connectivity index (χ1n) is 14.2. The molecule has 224 valence electrons. The number of halogens is 2. The van der Waals surface area contributed by atoms with E-state index >= 15 is 0 Å². The van der Waals surface area contributed by atoms with Gasteiger partial charge in [0.2, 0.25) is 18.1 Å². The van der Waals surface area contributed by atoms with Crippen LogP contribution in [-0.4, -0.2) is 58.3 Å². The molecule has 4 heterocycles. The number of amides is 1. The first-order valence-corrected chi connectivity index (χ1v) is 14.2. The molecule has 2 aliphatic heterocycles. The van der Waals surface area contributed by atoms with Crippen LogP contribution >= 0.6 is 0 Å². The van der Waals surface area contributed by atoms with Gasteiger partial charge in [0.05, 0.1) is 41.8 Å². The lowest BCUT2D eigenvalue weighted by Crippen LogP contribution is -2.49. The lowest BCUT2D eigenvalue weighted by Gasteiger charge is -2.35. The summed E-state index contributed by atoms with van der Waals surface area (Å²) >= 11 is 0. The number of rotatable bonds is 9. The summed E-state index contributed by atoms with van der Waals surface area (Å²) in [7, 11) is 0. The number of aromatic nitrogens is 4. The van der Waals surface area contributed by atoms with Crippen LogP contribution in [0.1, 0.15) is 37.4 Å². The smallest absolute Gasteiger partial charge is 0.230 e. The van der Waals surface area contributed by atoms with Crippen LogP contribution in [0.4, 0.5) is 14.7 Å². The number of nitrogens with one attached hydrogen (secondary N) is 3. The zero-order chi connectivity index (χ0) is 29.8. The van der Waals surface area contributed by atoms with Gasteiger partial charge in [0, 0.05) is 31.5 Å². The molecule has 2 aliphatic rings. The third-order valence-corrected chi connectivity index (χ3v) is 7.51. The zero-order valence-electron chi connectivity index (χ0n) is 23.6. The number of H-pyrrole nitrogens is 1. The largest absolute Gasteiger partial charge is 0.376 e. The molecule has 0 radical (unpaired) electrons. The minimum Gasteiger partial charge on any atom is -0.376 e. The fourth-order valence-electron chi connectivity index (χ4n) is 4.99. The van der Waals surface area contributed by atoms with E-state index in [-0.39, 0.29) is 36.9 Å². The van der Waals surface area contributed by atoms with Gasteiger partial charge >= 0.3 is 0 Å². The Morgan fingerprint density at radius 3 is 2.42 bits per heavy atom. The van der Waals surface area contributed by atoms with Gasteiger partial charge < -0.3 is 29.8 Å². The van der Waals surface area contributed by atoms with Crippen LogP contribution < -0.4 is 10.6 Å². The summed E-state index contributed by atoms with van der Waals surface area (Å²) in [6.07, 6.45) is 2.72. The molecular formula is C31H32F2N6O4. The normalized spacial score (nSPS) is 21.9. The molecule has 10 nitrogen and oxygen atoms in total. The van der Waals surface area contributed by atoms with E-state index in [9.17, 15) is 13.6 Å². The first-order chi connectivity index (χ1) is 20.9. The quantitative estimate of drug-likeness (QED) is 0.255. The van der Waals surface area contributed by atoms with Crippen molar-refractivity contribution in [2.45, 2.75) is 38.7 Å². The maximum atomic E-state index is 13.7. The number of ether oxygens (including phenoxy) is 3. The SMILES string of the molecule is CC1(C(=O)NCC2CCCO2)COC(c2nc(-c3ccc(F)cc3)c(-c3ccnc(NCc4ccc(F)cc4)n3)[nH]2)OC1. The van der Waals surface area contributed by atoms with Crippen LogP contribution in [-0.2, 0) is 25.5 Å². The fraction of sp³-hybridized carbons (Fsp3) is 0.355. The van der Waals surface area contributed by atoms with Gasteiger partial charge in [-0.05, 0) is 67.8 Å². The highest BCUT2D eigenvalue weighted by atomic mass is 19.1. The van der Waals surface area contributed by atoms with Crippen LogP contribution in [0.5, 0.6) is 0 Å². The molecule has 4 aromatic rings. The van der Waals surface area contributed by atoms with E-state index in [2.05, 4.69) is 25.6 Å². The Balaban J connectivity index is 1.20. The number of imidazole rings is 1. The van der Waals surface area contributed by atoms with Gasteiger partial charge in [-0.2, -0.15) is 0 Å². The second-order valence-corrected chi connectivity index (χ2v) is 11.0. The third-order valence-electron chi connectivity index (χ3n) is 7.51. The maximum absolute atomic E-state index is 13.7. The number of nitrogens with zero attached hydrogens (tertiary/aromatic N) is 3. The summed E-state index contributed by atoms with van der Waals surface area (Å²) in [5.74, 6) is -0.0891. The second kappa shape index (κ2) is 12.5. The summed E-state index contributed by atoms with van der Waals surface area (Å²) in [4.78, 5) is 29.9. The van der Waals surface area contributed by atoms with Gasteiger partial charge in [-0.1, -0.05) is 12.1 Å². The monoisotopic (exact) mass is 590 g/mol. The molecule has 0 bridgehead atoms. The van der Waals surface area contributed by atoms with Crippen molar-refractivity contribution in [3.8, 4) is 22.6 Å².